The van der Waals surface area contributed by atoms with Crippen LogP contribution in [0.2, 0.25) is 0 Å². The lowest BCUT2D eigenvalue weighted by Crippen LogP contribution is -2.01. The summed E-state index contributed by atoms with van der Waals surface area (Å²) in [5, 5.41) is 8.64. The fourth-order valence-electron chi connectivity index (χ4n) is 1.24. The molecule has 0 unspecified atom stereocenters. The second-order valence-electron chi connectivity index (χ2n) is 3.26. The number of esters is 1. The number of halogens is 1. The Kier molecular flexibility index (Phi) is 4.89. The monoisotopic (exact) mass is 233 g/mol. The summed E-state index contributed by atoms with van der Waals surface area (Å²) >= 11 is 0. The standard InChI is InChI=1S/C13H12FNO2/c1-2-17-13(16)5-3-4-10-6-7-12(14)11(8-10)9-15/h3-4,6-8H,2,5H2,1H3. The van der Waals surface area contributed by atoms with E-state index in [1.165, 1.54) is 18.2 Å². The fourth-order valence-corrected chi connectivity index (χ4v) is 1.24. The minimum absolute atomic E-state index is 0.0108. The quantitative estimate of drug-likeness (QED) is 0.751. The molecule has 0 fully saturated rings. The van der Waals surface area contributed by atoms with Crippen LogP contribution in [0.5, 0.6) is 0 Å². The van der Waals surface area contributed by atoms with E-state index in [9.17, 15) is 9.18 Å². The van der Waals surface area contributed by atoms with Crippen molar-refractivity contribution in [2.24, 2.45) is 0 Å². The lowest BCUT2D eigenvalue weighted by molar-refractivity contribution is -0.142. The molecule has 0 saturated heterocycles. The predicted octanol–water partition coefficient (Wildman–Crippen LogP) is 2.66. The Balaban J connectivity index is 2.66. The van der Waals surface area contributed by atoms with E-state index < -0.39 is 5.82 Å². The Bertz CT molecular complexity index is 475. The first kappa shape index (κ1) is 12.9. The van der Waals surface area contributed by atoms with Crippen LogP contribution in [-0.4, -0.2) is 12.6 Å². The van der Waals surface area contributed by atoms with Gasteiger partial charge in [0.1, 0.15) is 11.9 Å². The normalized spacial score (nSPS) is 10.2. The van der Waals surface area contributed by atoms with Crippen LogP contribution in [0.3, 0.4) is 0 Å². The molecule has 88 valence electrons. The van der Waals surface area contributed by atoms with Crippen molar-refractivity contribution in [1.82, 2.24) is 0 Å². The minimum atomic E-state index is -0.546. The third kappa shape index (κ3) is 4.07. The summed E-state index contributed by atoms with van der Waals surface area (Å²) in [6.07, 6.45) is 3.43. The van der Waals surface area contributed by atoms with Crippen molar-refractivity contribution in [3.8, 4) is 6.07 Å². The van der Waals surface area contributed by atoms with Gasteiger partial charge in [0.05, 0.1) is 18.6 Å². The molecule has 0 aromatic heterocycles. The zero-order valence-corrected chi connectivity index (χ0v) is 9.44. The molecule has 0 N–H and O–H groups in total. The van der Waals surface area contributed by atoms with Gasteiger partial charge in [0.25, 0.3) is 0 Å². The van der Waals surface area contributed by atoms with Gasteiger partial charge in [-0.2, -0.15) is 5.26 Å². The van der Waals surface area contributed by atoms with Crippen molar-refractivity contribution in [3.63, 3.8) is 0 Å². The van der Waals surface area contributed by atoms with Gasteiger partial charge >= 0.3 is 5.97 Å². The largest absolute Gasteiger partial charge is 0.466 e. The Morgan fingerprint density at radius 1 is 1.59 bits per heavy atom. The number of carbonyl (C=O) groups excluding carboxylic acids is 1. The van der Waals surface area contributed by atoms with Crippen LogP contribution >= 0.6 is 0 Å². The fraction of sp³-hybridized carbons (Fsp3) is 0.231. The molecule has 0 spiro atoms. The molecule has 1 aromatic rings. The van der Waals surface area contributed by atoms with Crippen molar-refractivity contribution in [1.29, 1.82) is 5.26 Å². The van der Waals surface area contributed by atoms with E-state index in [0.717, 1.165) is 0 Å². The highest BCUT2D eigenvalue weighted by Crippen LogP contribution is 2.11. The number of carbonyl (C=O) groups is 1. The summed E-state index contributed by atoms with van der Waals surface area (Å²) in [6, 6.07) is 5.95. The Morgan fingerprint density at radius 3 is 3.00 bits per heavy atom. The van der Waals surface area contributed by atoms with Gasteiger partial charge in [-0.3, -0.25) is 4.79 Å². The molecule has 0 heterocycles. The summed E-state index contributed by atoms with van der Waals surface area (Å²) in [5.74, 6) is -0.860. The highest BCUT2D eigenvalue weighted by molar-refractivity contribution is 5.72. The van der Waals surface area contributed by atoms with Gasteiger partial charge in [-0.05, 0) is 24.6 Å². The van der Waals surface area contributed by atoms with E-state index in [2.05, 4.69) is 0 Å². The second-order valence-corrected chi connectivity index (χ2v) is 3.26. The third-order valence-electron chi connectivity index (χ3n) is 2.01. The molecule has 0 bridgehead atoms. The smallest absolute Gasteiger partial charge is 0.309 e. The molecule has 0 aliphatic carbocycles. The zero-order chi connectivity index (χ0) is 12.7. The summed E-state index contributed by atoms with van der Waals surface area (Å²) in [7, 11) is 0. The molecule has 0 radical (unpaired) electrons. The third-order valence-corrected chi connectivity index (χ3v) is 2.01. The van der Waals surface area contributed by atoms with Crippen LogP contribution in [0.15, 0.2) is 24.3 Å². The van der Waals surface area contributed by atoms with E-state index in [0.29, 0.717) is 12.2 Å². The van der Waals surface area contributed by atoms with Crippen LogP contribution in [0.25, 0.3) is 6.08 Å². The number of hydrogen-bond acceptors (Lipinski definition) is 3. The average molecular weight is 233 g/mol. The van der Waals surface area contributed by atoms with Crippen molar-refractivity contribution >= 4 is 12.0 Å². The molecular weight excluding hydrogens is 221 g/mol. The van der Waals surface area contributed by atoms with Gasteiger partial charge in [-0.1, -0.05) is 18.2 Å². The van der Waals surface area contributed by atoms with Crippen molar-refractivity contribution in [2.75, 3.05) is 6.61 Å². The Hall–Kier alpha value is -2.15. The molecule has 0 saturated carbocycles. The van der Waals surface area contributed by atoms with Crippen LogP contribution in [0.4, 0.5) is 4.39 Å². The summed E-state index contributed by atoms with van der Waals surface area (Å²) in [4.78, 5) is 11.0. The zero-order valence-electron chi connectivity index (χ0n) is 9.44. The first-order valence-electron chi connectivity index (χ1n) is 5.19. The van der Waals surface area contributed by atoms with E-state index in [1.54, 1.807) is 25.1 Å². The molecule has 1 aromatic carbocycles. The van der Waals surface area contributed by atoms with Gasteiger partial charge in [0.2, 0.25) is 0 Å². The molecule has 0 aliphatic heterocycles. The lowest BCUT2D eigenvalue weighted by Gasteiger charge is -1.98. The van der Waals surface area contributed by atoms with Gasteiger partial charge in [0.15, 0.2) is 0 Å². The molecule has 4 heteroatoms. The number of ether oxygens (including phenoxy) is 1. The summed E-state index contributed by atoms with van der Waals surface area (Å²) < 4.78 is 17.7. The molecule has 3 nitrogen and oxygen atoms in total. The van der Waals surface area contributed by atoms with E-state index >= 15 is 0 Å². The van der Waals surface area contributed by atoms with Crippen molar-refractivity contribution in [3.05, 3.63) is 41.2 Å². The molecular formula is C13H12FNO2. The predicted molar refractivity (Wildman–Crippen MR) is 61.4 cm³/mol. The first-order valence-corrected chi connectivity index (χ1v) is 5.19. The number of rotatable bonds is 4. The summed E-state index contributed by atoms with van der Waals surface area (Å²) in [5.41, 5.74) is 0.663. The highest BCUT2D eigenvalue weighted by atomic mass is 19.1. The van der Waals surface area contributed by atoms with Crippen LogP contribution < -0.4 is 0 Å². The highest BCUT2D eigenvalue weighted by Gasteiger charge is 2.01. The number of nitrogens with zero attached hydrogens (tertiary/aromatic N) is 1. The molecule has 0 amide bonds. The first-order chi connectivity index (χ1) is 8.17. The van der Waals surface area contributed by atoms with Gasteiger partial charge in [-0.25, -0.2) is 4.39 Å². The molecule has 17 heavy (non-hydrogen) atoms. The number of nitriles is 1. The number of benzene rings is 1. The maximum absolute atomic E-state index is 13.0. The van der Waals surface area contributed by atoms with Crippen LogP contribution in [-0.2, 0) is 9.53 Å². The average Bonchev–Trinajstić information content (AvgIpc) is 2.31. The number of hydrogen-bond donors (Lipinski definition) is 0. The van der Waals surface area contributed by atoms with Crippen molar-refractivity contribution < 1.29 is 13.9 Å². The minimum Gasteiger partial charge on any atom is -0.466 e. The van der Waals surface area contributed by atoms with E-state index in [1.807, 2.05) is 0 Å². The van der Waals surface area contributed by atoms with Crippen LogP contribution in [0, 0.1) is 17.1 Å². The molecule has 0 atom stereocenters. The molecule has 0 aliphatic rings. The topological polar surface area (TPSA) is 50.1 Å². The van der Waals surface area contributed by atoms with Gasteiger partial charge < -0.3 is 4.74 Å². The molecule has 1 rings (SSSR count). The lowest BCUT2D eigenvalue weighted by atomic mass is 10.1. The van der Waals surface area contributed by atoms with Crippen molar-refractivity contribution in [2.45, 2.75) is 13.3 Å². The van der Waals surface area contributed by atoms with E-state index in [-0.39, 0.29) is 18.0 Å². The Morgan fingerprint density at radius 2 is 2.35 bits per heavy atom. The Labute approximate surface area is 99.1 Å². The van der Waals surface area contributed by atoms with Crippen LogP contribution in [0.1, 0.15) is 24.5 Å². The maximum Gasteiger partial charge on any atom is 0.309 e. The SMILES string of the molecule is CCOC(=O)CC=Cc1ccc(F)c(C#N)c1. The van der Waals surface area contributed by atoms with Gasteiger partial charge in [-0.15, -0.1) is 0 Å². The van der Waals surface area contributed by atoms with Gasteiger partial charge in [0, 0.05) is 0 Å². The second kappa shape index (κ2) is 6.44. The maximum atomic E-state index is 13.0. The van der Waals surface area contributed by atoms with E-state index in [4.69, 9.17) is 10.00 Å². The summed E-state index contributed by atoms with van der Waals surface area (Å²) in [6.45, 7) is 2.09.